The Kier molecular flexibility index (Phi) is 5.91. The van der Waals surface area contributed by atoms with Gasteiger partial charge in [-0.2, -0.15) is 0 Å². The van der Waals surface area contributed by atoms with Gasteiger partial charge in [-0.1, -0.05) is 24.3 Å². The first-order valence-electron chi connectivity index (χ1n) is 10.8. The van der Waals surface area contributed by atoms with Gasteiger partial charge in [0.15, 0.2) is 5.78 Å². The van der Waals surface area contributed by atoms with E-state index in [1.807, 2.05) is 0 Å². The van der Waals surface area contributed by atoms with Crippen LogP contribution in [0.25, 0.3) is 0 Å². The van der Waals surface area contributed by atoms with Gasteiger partial charge in [-0.15, -0.1) is 0 Å². The summed E-state index contributed by atoms with van der Waals surface area (Å²) in [5, 5.41) is 3.67. The second-order valence-electron chi connectivity index (χ2n) is 8.55. The van der Waals surface area contributed by atoms with Crippen molar-refractivity contribution in [1.82, 2.24) is 5.32 Å². The Morgan fingerprint density at radius 3 is 2.57 bits per heavy atom. The number of rotatable bonds is 6. The van der Waals surface area contributed by atoms with Crippen LogP contribution in [0.2, 0.25) is 0 Å². The van der Waals surface area contributed by atoms with E-state index in [9.17, 15) is 9.18 Å². The van der Waals surface area contributed by atoms with Gasteiger partial charge in [-0.05, 0) is 98.7 Å². The van der Waals surface area contributed by atoms with E-state index in [4.69, 9.17) is 0 Å². The standard InChI is InChI=1S/C25H30FNO/c26-21-11-9-20(10-12-21)24(28)8-4-18-27-22-13-16-25(17-14-22)15-3-6-19-5-1-2-7-23(19)25/h1-2,5,7,9-12,22,27H,3-4,6,8,13-18H2. The van der Waals surface area contributed by atoms with Crippen LogP contribution in [0.5, 0.6) is 0 Å². The molecule has 0 unspecified atom stereocenters. The van der Waals surface area contributed by atoms with Gasteiger partial charge in [-0.25, -0.2) is 4.39 Å². The summed E-state index contributed by atoms with van der Waals surface area (Å²) < 4.78 is 13.0. The maximum absolute atomic E-state index is 13.0. The molecule has 2 aromatic rings. The zero-order valence-electron chi connectivity index (χ0n) is 16.6. The number of halogens is 1. The van der Waals surface area contributed by atoms with Crippen LogP contribution in [0.1, 0.15) is 72.9 Å². The molecule has 0 saturated heterocycles. The monoisotopic (exact) mass is 379 g/mol. The number of carbonyl (C=O) groups is 1. The van der Waals surface area contributed by atoms with E-state index in [-0.39, 0.29) is 11.6 Å². The molecule has 3 heteroatoms. The summed E-state index contributed by atoms with van der Waals surface area (Å²) in [6.07, 6.45) is 10.2. The molecule has 0 aromatic heterocycles. The van der Waals surface area contributed by atoms with Crippen LogP contribution in [0.15, 0.2) is 48.5 Å². The van der Waals surface area contributed by atoms with E-state index in [1.54, 1.807) is 23.3 Å². The first-order chi connectivity index (χ1) is 13.7. The molecule has 1 N–H and O–H groups in total. The average molecular weight is 380 g/mol. The van der Waals surface area contributed by atoms with Crippen LogP contribution in [-0.4, -0.2) is 18.4 Å². The summed E-state index contributed by atoms with van der Waals surface area (Å²) in [6, 6.07) is 15.5. The number of fused-ring (bicyclic) bond motifs is 2. The fraction of sp³-hybridized carbons (Fsp3) is 0.480. The first-order valence-corrected chi connectivity index (χ1v) is 10.8. The van der Waals surface area contributed by atoms with Crippen LogP contribution in [0.3, 0.4) is 0 Å². The summed E-state index contributed by atoms with van der Waals surface area (Å²) in [4.78, 5) is 12.2. The van der Waals surface area contributed by atoms with Crippen LogP contribution in [0, 0.1) is 5.82 Å². The molecule has 0 aliphatic heterocycles. The van der Waals surface area contributed by atoms with Crippen LogP contribution in [0.4, 0.5) is 4.39 Å². The van der Waals surface area contributed by atoms with Crippen molar-refractivity contribution in [3.63, 3.8) is 0 Å². The highest BCUT2D eigenvalue weighted by molar-refractivity contribution is 5.95. The molecule has 0 radical (unpaired) electrons. The van der Waals surface area contributed by atoms with Gasteiger partial charge in [0.1, 0.15) is 5.82 Å². The summed E-state index contributed by atoms with van der Waals surface area (Å²) in [5.74, 6) is -0.197. The second-order valence-corrected chi connectivity index (χ2v) is 8.55. The van der Waals surface area contributed by atoms with Gasteiger partial charge in [0.25, 0.3) is 0 Å². The molecule has 2 aromatic carbocycles. The number of ketones is 1. The van der Waals surface area contributed by atoms with E-state index in [1.165, 1.54) is 57.1 Å². The molecule has 2 aliphatic rings. The first kappa shape index (κ1) is 19.3. The lowest BCUT2D eigenvalue weighted by molar-refractivity contribution is 0.0979. The molecule has 1 spiro atoms. The van der Waals surface area contributed by atoms with Gasteiger partial charge >= 0.3 is 0 Å². The molecular weight excluding hydrogens is 349 g/mol. The van der Waals surface area contributed by atoms with Crippen LogP contribution < -0.4 is 5.32 Å². The van der Waals surface area contributed by atoms with Crippen molar-refractivity contribution >= 4 is 5.78 Å². The predicted molar refractivity (Wildman–Crippen MR) is 111 cm³/mol. The molecule has 0 amide bonds. The lowest BCUT2D eigenvalue weighted by atomic mass is 9.62. The predicted octanol–water partition coefficient (Wildman–Crippen LogP) is 5.60. The summed E-state index contributed by atoms with van der Waals surface area (Å²) >= 11 is 0. The van der Waals surface area contributed by atoms with Crippen molar-refractivity contribution in [3.05, 3.63) is 71.0 Å². The van der Waals surface area contributed by atoms with Crippen molar-refractivity contribution in [2.45, 2.75) is 69.2 Å². The molecule has 0 heterocycles. The zero-order chi connectivity index (χ0) is 19.4. The minimum atomic E-state index is -0.297. The molecule has 1 fully saturated rings. The number of Topliss-reactive ketones (excluding diaryl/α,β-unsaturated/α-hetero) is 1. The molecule has 28 heavy (non-hydrogen) atoms. The van der Waals surface area contributed by atoms with E-state index in [2.05, 4.69) is 29.6 Å². The third-order valence-corrected chi connectivity index (χ3v) is 6.81. The molecule has 4 rings (SSSR count). The molecule has 148 valence electrons. The number of benzene rings is 2. The quantitative estimate of drug-likeness (QED) is 0.523. The van der Waals surface area contributed by atoms with Crippen LogP contribution >= 0.6 is 0 Å². The average Bonchev–Trinajstić information content (AvgIpc) is 2.73. The number of hydrogen-bond donors (Lipinski definition) is 1. The molecule has 2 aliphatic carbocycles. The second kappa shape index (κ2) is 8.57. The van der Waals surface area contributed by atoms with Crippen molar-refractivity contribution in [2.24, 2.45) is 0 Å². The number of hydrogen-bond acceptors (Lipinski definition) is 2. The Balaban J connectivity index is 1.22. The highest BCUT2D eigenvalue weighted by atomic mass is 19.1. The Morgan fingerprint density at radius 1 is 1.04 bits per heavy atom. The lowest BCUT2D eigenvalue weighted by Gasteiger charge is -2.44. The van der Waals surface area contributed by atoms with E-state index < -0.39 is 0 Å². The third kappa shape index (κ3) is 4.20. The molecule has 2 nitrogen and oxygen atoms in total. The zero-order valence-corrected chi connectivity index (χ0v) is 16.6. The SMILES string of the molecule is O=C(CCCNC1CCC2(CCCc3ccccc32)CC1)c1ccc(F)cc1. The largest absolute Gasteiger partial charge is 0.314 e. The van der Waals surface area contributed by atoms with E-state index >= 15 is 0 Å². The Morgan fingerprint density at radius 2 is 1.79 bits per heavy atom. The van der Waals surface area contributed by atoms with Crippen molar-refractivity contribution in [3.8, 4) is 0 Å². The number of aryl methyl sites for hydroxylation is 1. The number of nitrogens with one attached hydrogen (secondary N) is 1. The van der Waals surface area contributed by atoms with Gasteiger partial charge in [-0.3, -0.25) is 4.79 Å². The third-order valence-electron chi connectivity index (χ3n) is 6.81. The van der Waals surface area contributed by atoms with Gasteiger partial charge in [0.2, 0.25) is 0 Å². The molecule has 1 saturated carbocycles. The topological polar surface area (TPSA) is 29.1 Å². The normalized spacial score (nSPS) is 24.1. The highest BCUT2D eigenvalue weighted by Crippen LogP contribution is 2.47. The van der Waals surface area contributed by atoms with Crippen molar-refractivity contribution in [2.75, 3.05) is 6.54 Å². The molecule has 0 bridgehead atoms. The fourth-order valence-electron chi connectivity index (χ4n) is 5.24. The minimum Gasteiger partial charge on any atom is -0.314 e. The smallest absolute Gasteiger partial charge is 0.162 e. The van der Waals surface area contributed by atoms with Crippen molar-refractivity contribution < 1.29 is 9.18 Å². The van der Waals surface area contributed by atoms with Crippen molar-refractivity contribution in [1.29, 1.82) is 0 Å². The maximum atomic E-state index is 13.0. The van der Waals surface area contributed by atoms with Gasteiger partial charge in [0, 0.05) is 18.0 Å². The number of carbonyl (C=O) groups excluding carboxylic acids is 1. The van der Waals surface area contributed by atoms with E-state index in [0.717, 1.165) is 13.0 Å². The highest BCUT2D eigenvalue weighted by Gasteiger charge is 2.39. The van der Waals surface area contributed by atoms with E-state index in [0.29, 0.717) is 23.4 Å². The maximum Gasteiger partial charge on any atom is 0.162 e. The summed E-state index contributed by atoms with van der Waals surface area (Å²) in [6.45, 7) is 0.876. The Hall–Kier alpha value is -2.00. The fourth-order valence-corrected chi connectivity index (χ4v) is 5.24. The lowest BCUT2D eigenvalue weighted by Crippen LogP contribution is -2.41. The van der Waals surface area contributed by atoms with Gasteiger partial charge in [0.05, 0.1) is 0 Å². The van der Waals surface area contributed by atoms with Crippen LogP contribution in [-0.2, 0) is 11.8 Å². The molecular formula is C25H30FNO. The van der Waals surface area contributed by atoms with Gasteiger partial charge < -0.3 is 5.32 Å². The minimum absolute atomic E-state index is 0.100. The molecule has 0 atom stereocenters. The Bertz CT molecular complexity index is 806. The Labute approximate surface area is 167 Å². The summed E-state index contributed by atoms with van der Waals surface area (Å²) in [5.41, 5.74) is 4.20. The summed E-state index contributed by atoms with van der Waals surface area (Å²) in [7, 11) is 0.